The number of fused-ring (bicyclic) bond motifs is 7. The summed E-state index contributed by atoms with van der Waals surface area (Å²) >= 11 is 0. The molecule has 9 aromatic carbocycles. The van der Waals surface area contributed by atoms with E-state index in [9.17, 15) is 0 Å². The smallest absolute Gasteiger partial charge is 0.143 e. The third-order valence-corrected chi connectivity index (χ3v) is 12.5. The van der Waals surface area contributed by atoms with Crippen molar-refractivity contribution in [2.24, 2.45) is 0 Å². The number of furan rings is 1. The van der Waals surface area contributed by atoms with E-state index in [0.29, 0.717) is 0 Å². The molecule has 12 rings (SSSR count). The molecule has 0 fully saturated rings. The predicted octanol–water partition coefficient (Wildman–Crippen LogP) is 15.7. The van der Waals surface area contributed by atoms with Crippen molar-refractivity contribution in [1.82, 2.24) is 0 Å². The van der Waals surface area contributed by atoms with Crippen LogP contribution < -0.4 is 9.64 Å². The van der Waals surface area contributed by atoms with Crippen LogP contribution in [0.1, 0.15) is 17.0 Å². The highest BCUT2D eigenvalue weighted by Crippen LogP contribution is 2.44. The Labute approximate surface area is 354 Å². The fourth-order valence-corrected chi connectivity index (χ4v) is 9.38. The number of hydrogen-bond donors (Lipinski definition) is 0. The molecule has 0 bridgehead atoms. The summed E-state index contributed by atoms with van der Waals surface area (Å²) in [6, 6.07) is 73.8. The number of nitrogens with zero attached hydrogens (tertiary/aromatic N) is 1. The number of rotatable bonds is 7. The van der Waals surface area contributed by atoms with Crippen LogP contribution in [0.4, 0.5) is 17.1 Å². The van der Waals surface area contributed by atoms with Crippen LogP contribution in [-0.4, -0.2) is 6.10 Å². The van der Waals surface area contributed by atoms with Crippen molar-refractivity contribution in [1.29, 1.82) is 0 Å². The van der Waals surface area contributed by atoms with Crippen LogP contribution in [0, 0.1) is 0 Å². The Morgan fingerprint density at radius 1 is 0.410 bits per heavy atom. The van der Waals surface area contributed by atoms with Gasteiger partial charge < -0.3 is 14.1 Å². The zero-order chi connectivity index (χ0) is 40.3. The van der Waals surface area contributed by atoms with E-state index >= 15 is 0 Å². The molecule has 0 saturated heterocycles. The molecule has 0 amide bonds. The molecule has 288 valence electrons. The quantitative estimate of drug-likeness (QED) is 0.161. The number of allylic oxidation sites excluding steroid dienone is 2. The zero-order valence-electron chi connectivity index (χ0n) is 33.3. The van der Waals surface area contributed by atoms with Crippen molar-refractivity contribution in [3.05, 3.63) is 236 Å². The molecule has 0 saturated carbocycles. The second-order valence-electron chi connectivity index (χ2n) is 16.0. The zero-order valence-corrected chi connectivity index (χ0v) is 33.3. The lowest BCUT2D eigenvalue weighted by atomic mass is 9.87. The Morgan fingerprint density at radius 3 is 1.72 bits per heavy atom. The van der Waals surface area contributed by atoms with Gasteiger partial charge in [-0.2, -0.15) is 0 Å². The minimum Gasteiger partial charge on any atom is -0.485 e. The van der Waals surface area contributed by atoms with Crippen LogP contribution in [0.15, 0.2) is 229 Å². The maximum atomic E-state index is 6.42. The lowest BCUT2D eigenvalue weighted by molar-refractivity contribution is 0.269. The average Bonchev–Trinajstić information content (AvgIpc) is 3.91. The molecule has 10 aromatic rings. The lowest BCUT2D eigenvalue weighted by Gasteiger charge is -2.26. The molecule has 61 heavy (non-hydrogen) atoms. The minimum absolute atomic E-state index is 0.0443. The Hall–Kier alpha value is -7.88. The standard InChI is InChI=1S/C58H39NO2/c1-2-11-48-41(9-1)10-7-14-49(48)42-21-19-38(20-22-42)39-23-30-45(31-24-39)59(46-32-25-40(26-33-46)44-29-36-57-54(37-44)52-13-4-5-17-55(52)60-57)47-34-27-43(28-35-47)50-15-8-16-53-51-12-3-6-18-56(51)61-58(50)53/h1-37,54,57H. The van der Waals surface area contributed by atoms with Gasteiger partial charge in [0.1, 0.15) is 23.0 Å². The average molecular weight is 782 g/mol. The summed E-state index contributed by atoms with van der Waals surface area (Å²) in [6.07, 6.45) is 6.81. The lowest BCUT2D eigenvalue weighted by Crippen LogP contribution is -2.17. The van der Waals surface area contributed by atoms with E-state index in [-0.39, 0.29) is 12.0 Å². The Kier molecular flexibility index (Phi) is 8.31. The summed E-state index contributed by atoms with van der Waals surface area (Å²) in [7, 11) is 0. The normalized spacial score (nSPS) is 15.4. The first-order chi connectivity index (χ1) is 30.2. The van der Waals surface area contributed by atoms with Gasteiger partial charge in [-0.05, 0) is 104 Å². The molecule has 2 unspecified atom stereocenters. The van der Waals surface area contributed by atoms with Crippen LogP contribution in [0.2, 0.25) is 0 Å². The minimum atomic E-state index is 0.0443. The molecule has 0 spiro atoms. The summed E-state index contributed by atoms with van der Waals surface area (Å²) < 4.78 is 12.7. The van der Waals surface area contributed by atoms with Gasteiger partial charge in [0.2, 0.25) is 0 Å². The van der Waals surface area contributed by atoms with E-state index in [4.69, 9.17) is 9.15 Å². The van der Waals surface area contributed by atoms with Gasteiger partial charge in [0, 0.05) is 44.9 Å². The summed E-state index contributed by atoms with van der Waals surface area (Å²) in [6.45, 7) is 0. The monoisotopic (exact) mass is 781 g/mol. The van der Waals surface area contributed by atoms with Crippen molar-refractivity contribution >= 4 is 55.3 Å². The van der Waals surface area contributed by atoms with Gasteiger partial charge >= 0.3 is 0 Å². The Balaban J connectivity index is 0.888. The van der Waals surface area contributed by atoms with Gasteiger partial charge in [0.25, 0.3) is 0 Å². The molecule has 2 aliphatic rings. The van der Waals surface area contributed by atoms with Crippen LogP contribution in [0.3, 0.4) is 0 Å². The molecule has 2 heterocycles. The second kappa shape index (κ2) is 14.4. The SMILES string of the molecule is C1=CC2Oc3ccccc3C2C=C1c1ccc(N(c2ccc(-c3ccc(-c4cccc5ccccc45)cc3)cc2)c2ccc(-c3cccc4c3oc3ccccc34)cc2)cc1. The van der Waals surface area contributed by atoms with E-state index in [0.717, 1.165) is 55.9 Å². The van der Waals surface area contributed by atoms with Crippen LogP contribution in [0.5, 0.6) is 5.75 Å². The molecular weight excluding hydrogens is 743 g/mol. The molecule has 1 aromatic heterocycles. The van der Waals surface area contributed by atoms with E-state index in [1.165, 1.54) is 49.7 Å². The van der Waals surface area contributed by atoms with Gasteiger partial charge in [-0.25, -0.2) is 0 Å². The largest absolute Gasteiger partial charge is 0.485 e. The molecule has 3 nitrogen and oxygen atoms in total. The molecule has 2 atom stereocenters. The number of para-hydroxylation sites is 3. The third-order valence-electron chi connectivity index (χ3n) is 12.5. The van der Waals surface area contributed by atoms with E-state index in [1.54, 1.807) is 0 Å². The van der Waals surface area contributed by atoms with E-state index in [1.807, 2.05) is 18.2 Å². The van der Waals surface area contributed by atoms with Gasteiger partial charge in [0.05, 0.1) is 0 Å². The molecular formula is C58H39NO2. The molecule has 3 heteroatoms. The summed E-state index contributed by atoms with van der Waals surface area (Å²) in [4.78, 5) is 2.34. The van der Waals surface area contributed by atoms with Crippen molar-refractivity contribution in [3.8, 4) is 39.1 Å². The van der Waals surface area contributed by atoms with Gasteiger partial charge in [-0.3, -0.25) is 0 Å². The van der Waals surface area contributed by atoms with Crippen molar-refractivity contribution in [3.63, 3.8) is 0 Å². The van der Waals surface area contributed by atoms with E-state index in [2.05, 4.69) is 211 Å². The van der Waals surface area contributed by atoms with Gasteiger partial charge in [-0.1, -0.05) is 170 Å². The maximum Gasteiger partial charge on any atom is 0.143 e. The highest BCUT2D eigenvalue weighted by molar-refractivity contribution is 6.09. The topological polar surface area (TPSA) is 25.6 Å². The first-order valence-electron chi connectivity index (χ1n) is 21.0. The highest BCUT2D eigenvalue weighted by Gasteiger charge is 2.33. The van der Waals surface area contributed by atoms with Gasteiger partial charge in [-0.15, -0.1) is 0 Å². The fraction of sp³-hybridized carbons (Fsp3) is 0.0345. The number of ether oxygens (including phenoxy) is 1. The number of hydrogen-bond acceptors (Lipinski definition) is 3. The second-order valence-corrected chi connectivity index (χ2v) is 16.0. The van der Waals surface area contributed by atoms with Crippen LogP contribution in [0.25, 0.3) is 71.7 Å². The summed E-state index contributed by atoms with van der Waals surface area (Å²) in [5.74, 6) is 1.19. The fourth-order valence-electron chi connectivity index (χ4n) is 9.38. The molecule has 0 N–H and O–H groups in total. The predicted molar refractivity (Wildman–Crippen MR) is 253 cm³/mol. The molecule has 1 aliphatic heterocycles. The van der Waals surface area contributed by atoms with Crippen molar-refractivity contribution in [2.75, 3.05) is 4.90 Å². The Bertz CT molecular complexity index is 3310. The third kappa shape index (κ3) is 6.13. The Morgan fingerprint density at radius 2 is 0.951 bits per heavy atom. The first kappa shape index (κ1) is 35.1. The number of benzene rings is 9. The highest BCUT2D eigenvalue weighted by atomic mass is 16.5. The van der Waals surface area contributed by atoms with Crippen LogP contribution >= 0.6 is 0 Å². The van der Waals surface area contributed by atoms with Gasteiger partial charge in [0.15, 0.2) is 0 Å². The summed E-state index contributed by atoms with van der Waals surface area (Å²) in [5, 5.41) is 4.79. The number of anilines is 3. The van der Waals surface area contributed by atoms with Crippen LogP contribution in [-0.2, 0) is 0 Å². The molecule has 0 radical (unpaired) electrons. The maximum absolute atomic E-state index is 6.42. The van der Waals surface area contributed by atoms with Crippen molar-refractivity contribution < 1.29 is 9.15 Å². The van der Waals surface area contributed by atoms with E-state index < -0.39 is 0 Å². The van der Waals surface area contributed by atoms with Crippen molar-refractivity contribution in [2.45, 2.75) is 12.0 Å². The first-order valence-corrected chi connectivity index (χ1v) is 21.0. The molecule has 1 aliphatic carbocycles. The summed E-state index contributed by atoms with van der Waals surface area (Å²) in [5.41, 5.74) is 15.7.